The summed E-state index contributed by atoms with van der Waals surface area (Å²) in [6.45, 7) is -0.766. The Hall–Kier alpha value is -3.82. The van der Waals surface area contributed by atoms with E-state index in [0.717, 1.165) is 4.40 Å². The van der Waals surface area contributed by atoms with Crippen LogP contribution in [0.3, 0.4) is 0 Å². The van der Waals surface area contributed by atoms with Crippen molar-refractivity contribution in [3.63, 3.8) is 0 Å². The molecule has 0 atom stereocenters. The summed E-state index contributed by atoms with van der Waals surface area (Å²) in [5.41, 5.74) is -6.52. The number of alkyl halides is 6. The Kier molecular flexibility index (Phi) is 6.32. The van der Waals surface area contributed by atoms with Crippen LogP contribution in [0.5, 0.6) is 0 Å². The molecule has 1 aliphatic rings. The second-order valence-electron chi connectivity index (χ2n) is 7.50. The van der Waals surface area contributed by atoms with Crippen molar-refractivity contribution in [1.29, 1.82) is 0 Å². The number of nitrogens with zero attached hydrogens (tertiary/aromatic N) is 5. The summed E-state index contributed by atoms with van der Waals surface area (Å²) in [5, 5.41) is 7.42. The first-order valence-corrected chi connectivity index (χ1v) is 11.5. The molecule has 0 spiro atoms. The maximum atomic E-state index is 13.4. The van der Waals surface area contributed by atoms with E-state index in [0.29, 0.717) is 17.6 Å². The molecular weight excluding hydrogens is 518 g/mol. The van der Waals surface area contributed by atoms with Gasteiger partial charge in [0.2, 0.25) is 0 Å². The maximum absolute atomic E-state index is 13.4. The fourth-order valence-electron chi connectivity index (χ4n) is 3.40. The number of aromatic nitrogens is 2. The molecule has 3 aromatic rings. The lowest BCUT2D eigenvalue weighted by Gasteiger charge is -2.29. The summed E-state index contributed by atoms with van der Waals surface area (Å²) in [7, 11) is -5.53. The minimum Gasteiger partial charge on any atom is -0.347 e. The van der Waals surface area contributed by atoms with Crippen molar-refractivity contribution in [3.8, 4) is 0 Å². The molecule has 2 aromatic heterocycles. The van der Waals surface area contributed by atoms with Crippen LogP contribution in [0, 0.1) is 0 Å². The Labute approximate surface area is 199 Å². The summed E-state index contributed by atoms with van der Waals surface area (Å²) >= 11 is 0. The number of carbonyl (C=O) groups is 1. The minimum atomic E-state index is -5.53. The first-order chi connectivity index (χ1) is 16.8. The van der Waals surface area contributed by atoms with Crippen molar-refractivity contribution in [2.75, 3.05) is 18.1 Å². The highest BCUT2D eigenvalue weighted by Crippen LogP contribution is 2.32. The number of imidazole rings is 1. The fourth-order valence-corrected chi connectivity index (χ4v) is 4.16. The molecule has 9 nitrogen and oxygen atoms in total. The SMILES string of the molecule is O=C(NCc1ccc(N2CCN(S(=O)(=O)C(F)(F)F)C=N2)cc1)c1c(C(F)(F)F)nc2ccccn12. The largest absolute Gasteiger partial charge is 0.516 e. The van der Waals surface area contributed by atoms with Gasteiger partial charge in [0, 0.05) is 12.7 Å². The molecule has 1 aromatic carbocycles. The number of rotatable bonds is 5. The van der Waals surface area contributed by atoms with Crippen LogP contribution in [0.2, 0.25) is 0 Å². The summed E-state index contributed by atoms with van der Waals surface area (Å²) in [4.78, 5) is 16.1. The highest BCUT2D eigenvalue weighted by Gasteiger charge is 2.50. The number of anilines is 1. The van der Waals surface area contributed by atoms with Gasteiger partial charge in [-0.2, -0.15) is 39.9 Å². The molecule has 0 saturated heterocycles. The Morgan fingerprint density at radius 3 is 2.28 bits per heavy atom. The lowest BCUT2D eigenvalue weighted by molar-refractivity contribution is -0.141. The number of fused-ring (bicyclic) bond motifs is 1. The zero-order valence-electron chi connectivity index (χ0n) is 18.0. The minimum absolute atomic E-state index is 0.0389. The van der Waals surface area contributed by atoms with Gasteiger partial charge in [-0.15, -0.1) is 0 Å². The van der Waals surface area contributed by atoms with Crippen LogP contribution in [-0.2, 0) is 22.7 Å². The van der Waals surface area contributed by atoms with Crippen molar-refractivity contribution < 1.29 is 39.6 Å². The molecule has 4 rings (SSSR count). The molecule has 16 heteroatoms. The Bertz CT molecular complexity index is 1420. The van der Waals surface area contributed by atoms with Crippen molar-refractivity contribution in [2.45, 2.75) is 18.2 Å². The van der Waals surface area contributed by atoms with E-state index in [9.17, 15) is 39.6 Å². The Balaban J connectivity index is 1.44. The molecule has 1 amide bonds. The molecule has 192 valence electrons. The monoisotopic (exact) mass is 534 g/mol. The number of nitrogens with one attached hydrogen (secondary N) is 1. The highest BCUT2D eigenvalue weighted by atomic mass is 32.2. The predicted molar refractivity (Wildman–Crippen MR) is 115 cm³/mol. The Morgan fingerprint density at radius 1 is 1.00 bits per heavy atom. The highest BCUT2D eigenvalue weighted by molar-refractivity contribution is 7.90. The Morgan fingerprint density at radius 2 is 1.69 bits per heavy atom. The van der Waals surface area contributed by atoms with Crippen LogP contribution < -0.4 is 10.3 Å². The van der Waals surface area contributed by atoms with Gasteiger partial charge < -0.3 is 5.32 Å². The van der Waals surface area contributed by atoms with E-state index in [2.05, 4.69) is 15.4 Å². The van der Waals surface area contributed by atoms with E-state index in [-0.39, 0.29) is 23.0 Å². The number of halogens is 6. The number of carbonyl (C=O) groups excluding carboxylic acids is 1. The zero-order chi connectivity index (χ0) is 26.3. The number of hydrogen-bond acceptors (Lipinski definition) is 6. The quantitative estimate of drug-likeness (QED) is 0.507. The molecular formula is C20H16F6N6O3S. The van der Waals surface area contributed by atoms with E-state index < -0.39 is 45.5 Å². The van der Waals surface area contributed by atoms with Crippen LogP contribution in [0.15, 0.2) is 53.8 Å². The topological polar surface area (TPSA) is 99.4 Å². The van der Waals surface area contributed by atoms with Crippen molar-refractivity contribution >= 4 is 33.6 Å². The van der Waals surface area contributed by atoms with Crippen molar-refractivity contribution in [2.24, 2.45) is 5.10 Å². The van der Waals surface area contributed by atoms with Crippen molar-refractivity contribution in [3.05, 3.63) is 65.6 Å². The third-order valence-electron chi connectivity index (χ3n) is 5.15. The first kappa shape index (κ1) is 25.3. The molecule has 1 aliphatic heterocycles. The third kappa shape index (κ3) is 4.80. The van der Waals surface area contributed by atoms with Gasteiger partial charge in [-0.25, -0.2) is 9.29 Å². The molecule has 3 heterocycles. The van der Waals surface area contributed by atoms with Gasteiger partial charge in [0.15, 0.2) is 5.69 Å². The van der Waals surface area contributed by atoms with Crippen LogP contribution in [0.25, 0.3) is 5.65 Å². The van der Waals surface area contributed by atoms with Crippen LogP contribution in [0.4, 0.5) is 32.0 Å². The van der Waals surface area contributed by atoms with Crippen LogP contribution in [-0.4, -0.2) is 53.0 Å². The average molecular weight is 534 g/mol. The summed E-state index contributed by atoms with van der Waals surface area (Å²) in [5.74, 6) is -0.989. The molecule has 0 fully saturated rings. The van der Waals surface area contributed by atoms with Crippen molar-refractivity contribution in [1.82, 2.24) is 19.0 Å². The third-order valence-corrected chi connectivity index (χ3v) is 6.63. The van der Waals surface area contributed by atoms with Crippen LogP contribution in [0.1, 0.15) is 21.7 Å². The zero-order valence-corrected chi connectivity index (χ0v) is 18.8. The van der Waals surface area contributed by atoms with Gasteiger partial charge in [0.1, 0.15) is 17.7 Å². The second-order valence-corrected chi connectivity index (χ2v) is 9.38. The van der Waals surface area contributed by atoms with E-state index in [4.69, 9.17) is 0 Å². The molecule has 0 radical (unpaired) electrons. The predicted octanol–water partition coefficient (Wildman–Crippen LogP) is 3.20. The smallest absolute Gasteiger partial charge is 0.347 e. The average Bonchev–Trinajstić information content (AvgIpc) is 3.23. The standard InChI is InChI=1S/C20H16F6N6O3S/c21-19(22,23)17-16(31-8-2-1-3-15(31)29-17)18(33)27-11-13-4-6-14(7-5-13)32-10-9-30(12-28-32)36(34,35)20(24,25)26/h1-8,12H,9-11H2,(H,27,33). The first-order valence-electron chi connectivity index (χ1n) is 10.1. The molecule has 0 saturated carbocycles. The molecule has 0 bridgehead atoms. The van der Waals surface area contributed by atoms with Gasteiger partial charge in [-0.05, 0) is 29.8 Å². The molecule has 1 N–H and O–H groups in total. The normalized spacial score (nSPS) is 14.9. The lowest BCUT2D eigenvalue weighted by atomic mass is 10.2. The van der Waals surface area contributed by atoms with Gasteiger partial charge >= 0.3 is 21.7 Å². The molecule has 0 aliphatic carbocycles. The fraction of sp³-hybridized carbons (Fsp3) is 0.250. The number of sulfonamides is 1. The van der Waals surface area contributed by atoms with E-state index in [1.807, 2.05) is 0 Å². The number of hydrogen-bond donors (Lipinski definition) is 1. The number of amides is 1. The van der Waals surface area contributed by atoms with Gasteiger partial charge in [-0.1, -0.05) is 18.2 Å². The maximum Gasteiger partial charge on any atom is 0.516 e. The molecule has 0 unspecified atom stereocenters. The summed E-state index contributed by atoms with van der Waals surface area (Å²) in [6, 6.07) is 10.4. The van der Waals surface area contributed by atoms with Crippen LogP contribution >= 0.6 is 0 Å². The van der Waals surface area contributed by atoms with E-state index in [1.165, 1.54) is 53.7 Å². The number of benzene rings is 1. The summed E-state index contributed by atoms with van der Waals surface area (Å²) in [6.07, 6.45) is -2.99. The number of hydrazone groups is 1. The lowest BCUT2D eigenvalue weighted by Crippen LogP contribution is -2.46. The summed E-state index contributed by atoms with van der Waals surface area (Å²) < 4.78 is 102. The van der Waals surface area contributed by atoms with E-state index >= 15 is 0 Å². The van der Waals surface area contributed by atoms with E-state index in [1.54, 1.807) is 0 Å². The van der Waals surface area contributed by atoms with Gasteiger partial charge in [0.05, 0.1) is 18.8 Å². The van der Waals surface area contributed by atoms with Gasteiger partial charge in [-0.3, -0.25) is 14.2 Å². The number of pyridine rings is 1. The second kappa shape index (κ2) is 9.00. The van der Waals surface area contributed by atoms with Gasteiger partial charge in [0.25, 0.3) is 5.91 Å². The molecule has 36 heavy (non-hydrogen) atoms.